The monoisotopic (exact) mass is 359 g/mol. The third-order valence-corrected chi connectivity index (χ3v) is 5.65. The molecule has 1 aliphatic heterocycles. The fourth-order valence-corrected chi connectivity index (χ4v) is 4.13. The molecule has 134 valence electrons. The minimum Gasteiger partial charge on any atom is -0.339 e. The van der Waals surface area contributed by atoms with Gasteiger partial charge in [-0.05, 0) is 25.0 Å². The lowest BCUT2D eigenvalue weighted by atomic mass is 10.1. The Labute approximate surface area is 152 Å². The van der Waals surface area contributed by atoms with Gasteiger partial charge in [-0.3, -0.25) is 9.59 Å². The molecular formula is C19H25N3O2S. The second-order valence-corrected chi connectivity index (χ2v) is 7.90. The highest BCUT2D eigenvalue weighted by atomic mass is 32.1. The number of hydrogen-bond donors (Lipinski definition) is 0. The van der Waals surface area contributed by atoms with Crippen molar-refractivity contribution in [3.05, 3.63) is 29.3 Å². The van der Waals surface area contributed by atoms with Crippen LogP contribution in [0.4, 0.5) is 0 Å². The number of hydrogen-bond acceptors (Lipinski definition) is 4. The Bertz CT molecular complexity index is 715. The van der Waals surface area contributed by atoms with Crippen LogP contribution in [0.1, 0.15) is 31.7 Å². The lowest BCUT2D eigenvalue weighted by Gasteiger charge is -2.35. The molecule has 1 aromatic heterocycles. The van der Waals surface area contributed by atoms with E-state index in [0.717, 1.165) is 23.4 Å². The Hall–Kier alpha value is -1.95. The van der Waals surface area contributed by atoms with E-state index in [4.69, 9.17) is 0 Å². The van der Waals surface area contributed by atoms with Crippen molar-refractivity contribution in [2.24, 2.45) is 5.92 Å². The van der Waals surface area contributed by atoms with E-state index in [2.05, 4.69) is 11.1 Å². The van der Waals surface area contributed by atoms with E-state index in [1.54, 1.807) is 11.3 Å². The number of rotatable bonds is 5. The van der Waals surface area contributed by atoms with Gasteiger partial charge in [0.05, 0.1) is 15.2 Å². The van der Waals surface area contributed by atoms with Crippen LogP contribution in [0.15, 0.2) is 24.3 Å². The summed E-state index contributed by atoms with van der Waals surface area (Å²) in [6, 6.07) is 8.13. The van der Waals surface area contributed by atoms with Crippen LogP contribution in [0.2, 0.25) is 0 Å². The first-order valence-electron chi connectivity index (χ1n) is 8.95. The number of benzene rings is 1. The van der Waals surface area contributed by atoms with Crippen molar-refractivity contribution in [1.82, 2.24) is 14.8 Å². The van der Waals surface area contributed by atoms with Gasteiger partial charge in [-0.15, -0.1) is 11.3 Å². The summed E-state index contributed by atoms with van der Waals surface area (Å²) in [7, 11) is 0. The Morgan fingerprint density at radius 3 is 2.48 bits per heavy atom. The standard InChI is InChI=1S/C19H25N3O2S/c1-14(2)19(24)22-12-10-21(11-13-22)18(23)9-5-8-17-20-15-6-3-4-7-16(15)25-17/h3-4,6-7,14H,5,8-13H2,1-2H3. The van der Waals surface area contributed by atoms with Crippen LogP contribution in [0, 0.1) is 5.92 Å². The average Bonchev–Trinajstić information content (AvgIpc) is 3.03. The van der Waals surface area contributed by atoms with E-state index in [9.17, 15) is 9.59 Å². The maximum atomic E-state index is 12.4. The quantitative estimate of drug-likeness (QED) is 0.825. The van der Waals surface area contributed by atoms with E-state index in [0.29, 0.717) is 32.6 Å². The molecule has 0 aliphatic carbocycles. The number of nitrogens with zero attached hydrogens (tertiary/aromatic N) is 3. The molecular weight excluding hydrogens is 334 g/mol. The van der Waals surface area contributed by atoms with Gasteiger partial charge in [0.15, 0.2) is 0 Å². The predicted octanol–water partition coefficient (Wildman–Crippen LogP) is 2.95. The van der Waals surface area contributed by atoms with Gasteiger partial charge >= 0.3 is 0 Å². The van der Waals surface area contributed by atoms with Crippen LogP contribution in [-0.4, -0.2) is 52.8 Å². The molecule has 1 aromatic carbocycles. The molecule has 1 aliphatic rings. The molecule has 1 fully saturated rings. The number of thiazole rings is 1. The molecule has 3 rings (SSSR count). The number of amides is 2. The maximum absolute atomic E-state index is 12.4. The smallest absolute Gasteiger partial charge is 0.225 e. The van der Waals surface area contributed by atoms with Gasteiger partial charge in [0.2, 0.25) is 11.8 Å². The van der Waals surface area contributed by atoms with Crippen molar-refractivity contribution in [2.45, 2.75) is 33.1 Å². The molecule has 0 radical (unpaired) electrons. The van der Waals surface area contributed by atoms with Crippen LogP contribution in [-0.2, 0) is 16.0 Å². The van der Waals surface area contributed by atoms with Crippen molar-refractivity contribution in [1.29, 1.82) is 0 Å². The fraction of sp³-hybridized carbons (Fsp3) is 0.526. The van der Waals surface area contributed by atoms with Gasteiger partial charge in [-0.25, -0.2) is 4.98 Å². The van der Waals surface area contributed by atoms with Crippen molar-refractivity contribution < 1.29 is 9.59 Å². The number of para-hydroxylation sites is 1. The summed E-state index contributed by atoms with van der Waals surface area (Å²) in [4.78, 5) is 32.7. The molecule has 0 unspecified atom stereocenters. The topological polar surface area (TPSA) is 53.5 Å². The third kappa shape index (κ3) is 4.37. The maximum Gasteiger partial charge on any atom is 0.225 e. The third-order valence-electron chi connectivity index (χ3n) is 4.56. The largest absolute Gasteiger partial charge is 0.339 e. The number of fused-ring (bicyclic) bond motifs is 1. The zero-order valence-corrected chi connectivity index (χ0v) is 15.7. The van der Waals surface area contributed by atoms with Crippen LogP contribution in [0.5, 0.6) is 0 Å². The number of carbonyl (C=O) groups is 2. The number of piperazine rings is 1. The fourth-order valence-electron chi connectivity index (χ4n) is 3.12. The molecule has 0 spiro atoms. The Balaban J connectivity index is 1.43. The second-order valence-electron chi connectivity index (χ2n) is 6.79. The van der Waals surface area contributed by atoms with Crippen LogP contribution >= 0.6 is 11.3 Å². The van der Waals surface area contributed by atoms with Gasteiger partial charge in [0.1, 0.15) is 0 Å². The molecule has 0 N–H and O–H groups in total. The summed E-state index contributed by atoms with van der Waals surface area (Å²) in [6.07, 6.45) is 2.22. The summed E-state index contributed by atoms with van der Waals surface area (Å²) in [5, 5.41) is 1.10. The summed E-state index contributed by atoms with van der Waals surface area (Å²) in [5.41, 5.74) is 1.04. The molecule has 0 bridgehead atoms. The number of aryl methyl sites for hydroxylation is 1. The van der Waals surface area contributed by atoms with Gasteiger partial charge in [-0.2, -0.15) is 0 Å². The molecule has 1 saturated heterocycles. The predicted molar refractivity (Wildman–Crippen MR) is 101 cm³/mol. The van der Waals surface area contributed by atoms with Crippen LogP contribution < -0.4 is 0 Å². The minimum atomic E-state index is 0.0241. The van der Waals surface area contributed by atoms with E-state index < -0.39 is 0 Å². The first-order valence-corrected chi connectivity index (χ1v) is 9.77. The SMILES string of the molecule is CC(C)C(=O)N1CCN(C(=O)CCCc2nc3ccccc3s2)CC1. The van der Waals surface area contributed by atoms with Crippen molar-refractivity contribution >= 4 is 33.4 Å². The zero-order valence-electron chi connectivity index (χ0n) is 14.9. The van der Waals surface area contributed by atoms with Crippen molar-refractivity contribution in [3.63, 3.8) is 0 Å². The van der Waals surface area contributed by atoms with Gasteiger partial charge in [-0.1, -0.05) is 26.0 Å². The average molecular weight is 359 g/mol. The molecule has 0 saturated carbocycles. The highest BCUT2D eigenvalue weighted by molar-refractivity contribution is 7.18. The van der Waals surface area contributed by atoms with E-state index in [1.165, 1.54) is 4.70 Å². The van der Waals surface area contributed by atoms with Crippen LogP contribution in [0.3, 0.4) is 0 Å². The summed E-state index contributed by atoms with van der Waals surface area (Å²) in [5.74, 6) is 0.400. The molecule has 5 nitrogen and oxygen atoms in total. The van der Waals surface area contributed by atoms with E-state index in [1.807, 2.05) is 41.8 Å². The van der Waals surface area contributed by atoms with E-state index in [-0.39, 0.29) is 17.7 Å². The second kappa shape index (κ2) is 7.95. The Kier molecular flexibility index (Phi) is 5.68. The summed E-state index contributed by atoms with van der Waals surface area (Å²) >= 11 is 1.71. The molecule has 2 aromatic rings. The first kappa shape index (κ1) is 17.9. The summed E-state index contributed by atoms with van der Waals surface area (Å²) < 4.78 is 1.20. The van der Waals surface area contributed by atoms with E-state index >= 15 is 0 Å². The molecule has 2 heterocycles. The highest BCUT2D eigenvalue weighted by Crippen LogP contribution is 2.22. The zero-order chi connectivity index (χ0) is 17.8. The normalized spacial score (nSPS) is 15.2. The van der Waals surface area contributed by atoms with Crippen LogP contribution in [0.25, 0.3) is 10.2 Å². The van der Waals surface area contributed by atoms with Gasteiger partial charge < -0.3 is 9.80 Å². The lowest BCUT2D eigenvalue weighted by molar-refractivity contribution is -0.141. The molecule has 2 amide bonds. The van der Waals surface area contributed by atoms with Crippen molar-refractivity contribution in [3.8, 4) is 0 Å². The number of aromatic nitrogens is 1. The lowest BCUT2D eigenvalue weighted by Crippen LogP contribution is -2.51. The Morgan fingerprint density at radius 1 is 1.12 bits per heavy atom. The van der Waals surface area contributed by atoms with Gasteiger partial charge in [0, 0.05) is 38.5 Å². The highest BCUT2D eigenvalue weighted by Gasteiger charge is 2.25. The van der Waals surface area contributed by atoms with Crippen molar-refractivity contribution in [2.75, 3.05) is 26.2 Å². The minimum absolute atomic E-state index is 0.0241. The molecule has 0 atom stereocenters. The molecule has 25 heavy (non-hydrogen) atoms. The summed E-state index contributed by atoms with van der Waals surface area (Å²) in [6.45, 7) is 6.45. The molecule has 6 heteroatoms. The number of carbonyl (C=O) groups excluding carboxylic acids is 2. The van der Waals surface area contributed by atoms with Gasteiger partial charge in [0.25, 0.3) is 0 Å². The first-order chi connectivity index (χ1) is 12.0. The Morgan fingerprint density at radius 2 is 1.80 bits per heavy atom.